The highest BCUT2D eigenvalue weighted by atomic mass is 79.9. The Labute approximate surface area is 133 Å². The van der Waals surface area contributed by atoms with E-state index in [1.54, 1.807) is 18.0 Å². The zero-order valence-corrected chi connectivity index (χ0v) is 13.7. The van der Waals surface area contributed by atoms with Gasteiger partial charge >= 0.3 is 0 Å². The maximum Gasteiger partial charge on any atom is 0.246 e. The summed E-state index contributed by atoms with van der Waals surface area (Å²) in [6.07, 6.45) is 4.45. The van der Waals surface area contributed by atoms with Crippen molar-refractivity contribution in [3.63, 3.8) is 0 Å². The molecule has 1 saturated heterocycles. The standard InChI is InChI=1S/C16H20BrNO3/c1-18(12-16(20)8-10-21-11-9-16)15(19)7-4-13-2-5-14(17)6-3-13/h2-7,20H,8-12H2,1H3/b7-4+. The molecule has 1 aromatic carbocycles. The van der Waals surface area contributed by atoms with Crippen molar-refractivity contribution in [3.05, 3.63) is 40.4 Å². The van der Waals surface area contributed by atoms with E-state index in [0.29, 0.717) is 32.6 Å². The minimum atomic E-state index is -0.825. The van der Waals surface area contributed by atoms with Crippen LogP contribution >= 0.6 is 15.9 Å². The van der Waals surface area contributed by atoms with Crippen molar-refractivity contribution < 1.29 is 14.6 Å². The van der Waals surface area contributed by atoms with Crippen LogP contribution in [0.1, 0.15) is 18.4 Å². The van der Waals surface area contributed by atoms with Gasteiger partial charge in [-0.3, -0.25) is 4.79 Å². The fraction of sp³-hybridized carbons (Fsp3) is 0.438. The van der Waals surface area contributed by atoms with Crippen LogP contribution in [0.2, 0.25) is 0 Å². The second-order valence-corrected chi connectivity index (χ2v) is 6.33. The smallest absolute Gasteiger partial charge is 0.246 e. The molecule has 1 aliphatic heterocycles. The Kier molecular flexibility index (Phi) is 5.56. The summed E-state index contributed by atoms with van der Waals surface area (Å²) in [5.41, 5.74) is 0.137. The van der Waals surface area contributed by atoms with Crippen molar-refractivity contribution in [1.29, 1.82) is 0 Å². The van der Waals surface area contributed by atoms with Crippen LogP contribution in [-0.2, 0) is 9.53 Å². The number of likely N-dealkylation sites (N-methyl/N-ethyl adjacent to an activating group) is 1. The first kappa shape index (κ1) is 16.2. The van der Waals surface area contributed by atoms with Gasteiger partial charge in [-0.25, -0.2) is 0 Å². The van der Waals surface area contributed by atoms with Crippen LogP contribution in [0.4, 0.5) is 0 Å². The zero-order chi connectivity index (χ0) is 15.3. The lowest BCUT2D eigenvalue weighted by Crippen LogP contribution is -2.47. The molecule has 1 aliphatic rings. The number of hydrogen-bond donors (Lipinski definition) is 1. The van der Waals surface area contributed by atoms with Crippen LogP contribution in [-0.4, -0.2) is 48.3 Å². The second kappa shape index (κ2) is 7.20. The highest BCUT2D eigenvalue weighted by molar-refractivity contribution is 9.10. The largest absolute Gasteiger partial charge is 0.388 e. The average molecular weight is 354 g/mol. The molecule has 0 aromatic heterocycles. The molecule has 2 rings (SSSR count). The van der Waals surface area contributed by atoms with Crippen molar-refractivity contribution in [1.82, 2.24) is 4.90 Å². The number of benzene rings is 1. The van der Waals surface area contributed by atoms with Crippen LogP contribution in [0.3, 0.4) is 0 Å². The Bertz CT molecular complexity index is 507. The molecule has 1 N–H and O–H groups in total. The van der Waals surface area contributed by atoms with Crippen molar-refractivity contribution in [3.8, 4) is 0 Å². The van der Waals surface area contributed by atoms with E-state index in [1.807, 2.05) is 24.3 Å². The monoisotopic (exact) mass is 353 g/mol. The lowest BCUT2D eigenvalue weighted by Gasteiger charge is -2.35. The van der Waals surface area contributed by atoms with E-state index >= 15 is 0 Å². The summed E-state index contributed by atoms with van der Waals surface area (Å²) >= 11 is 3.37. The molecule has 1 amide bonds. The van der Waals surface area contributed by atoms with E-state index in [9.17, 15) is 9.90 Å². The third-order valence-electron chi connectivity index (χ3n) is 3.62. The summed E-state index contributed by atoms with van der Waals surface area (Å²) in [6, 6.07) is 7.72. The quantitative estimate of drug-likeness (QED) is 0.846. The molecule has 1 fully saturated rings. The Morgan fingerprint density at radius 2 is 2.00 bits per heavy atom. The number of rotatable bonds is 4. The van der Waals surface area contributed by atoms with E-state index in [0.717, 1.165) is 10.0 Å². The number of hydrogen-bond acceptors (Lipinski definition) is 3. The lowest BCUT2D eigenvalue weighted by molar-refractivity contribution is -0.131. The van der Waals surface area contributed by atoms with Crippen LogP contribution in [0.25, 0.3) is 6.08 Å². The van der Waals surface area contributed by atoms with Gasteiger partial charge in [0.15, 0.2) is 0 Å². The molecule has 0 atom stereocenters. The van der Waals surface area contributed by atoms with E-state index < -0.39 is 5.60 Å². The van der Waals surface area contributed by atoms with Gasteiger partial charge in [0.05, 0.1) is 5.60 Å². The van der Waals surface area contributed by atoms with Gasteiger partial charge in [0.25, 0.3) is 0 Å². The average Bonchev–Trinajstić information content (AvgIpc) is 2.46. The van der Waals surface area contributed by atoms with Crippen LogP contribution in [0, 0.1) is 0 Å². The molecule has 0 unspecified atom stereocenters. The van der Waals surface area contributed by atoms with E-state index in [2.05, 4.69) is 15.9 Å². The minimum Gasteiger partial charge on any atom is -0.388 e. The molecular weight excluding hydrogens is 334 g/mol. The topological polar surface area (TPSA) is 49.8 Å². The maximum absolute atomic E-state index is 12.1. The highest BCUT2D eigenvalue weighted by Gasteiger charge is 2.31. The number of nitrogens with zero attached hydrogens (tertiary/aromatic N) is 1. The van der Waals surface area contributed by atoms with E-state index in [4.69, 9.17) is 4.74 Å². The first-order chi connectivity index (χ1) is 9.98. The second-order valence-electron chi connectivity index (χ2n) is 5.42. The number of aliphatic hydroxyl groups is 1. The van der Waals surface area contributed by atoms with Gasteiger partial charge in [0.2, 0.25) is 5.91 Å². The molecule has 0 aliphatic carbocycles. The predicted molar refractivity (Wildman–Crippen MR) is 85.8 cm³/mol. The summed E-state index contributed by atoms with van der Waals surface area (Å²) in [7, 11) is 1.71. The minimum absolute atomic E-state index is 0.113. The van der Waals surface area contributed by atoms with E-state index in [1.165, 1.54) is 6.08 Å². The van der Waals surface area contributed by atoms with Gasteiger partial charge in [-0.15, -0.1) is 0 Å². The van der Waals surface area contributed by atoms with Crippen molar-refractivity contribution in [2.75, 3.05) is 26.8 Å². The third-order valence-corrected chi connectivity index (χ3v) is 4.15. The van der Waals surface area contributed by atoms with Gasteiger partial charge in [-0.2, -0.15) is 0 Å². The number of carbonyl (C=O) groups is 1. The molecule has 0 radical (unpaired) electrons. The van der Waals surface area contributed by atoms with Gasteiger partial charge < -0.3 is 14.7 Å². The molecule has 21 heavy (non-hydrogen) atoms. The highest BCUT2D eigenvalue weighted by Crippen LogP contribution is 2.21. The SMILES string of the molecule is CN(CC1(O)CCOCC1)C(=O)/C=C/c1ccc(Br)cc1. The Morgan fingerprint density at radius 1 is 1.38 bits per heavy atom. The molecule has 4 nitrogen and oxygen atoms in total. The number of amides is 1. The predicted octanol–water partition coefficient (Wildman–Crippen LogP) is 2.46. The molecule has 0 spiro atoms. The zero-order valence-electron chi connectivity index (χ0n) is 12.1. The Hall–Kier alpha value is -1.17. The summed E-state index contributed by atoms with van der Waals surface area (Å²) in [6.45, 7) is 1.43. The van der Waals surface area contributed by atoms with Crippen molar-refractivity contribution >= 4 is 27.9 Å². The van der Waals surface area contributed by atoms with Crippen LogP contribution < -0.4 is 0 Å². The fourth-order valence-electron chi connectivity index (χ4n) is 2.30. The van der Waals surface area contributed by atoms with Crippen molar-refractivity contribution in [2.24, 2.45) is 0 Å². The molecule has 0 bridgehead atoms. The van der Waals surface area contributed by atoms with Gasteiger partial charge in [0, 0.05) is 50.2 Å². The number of ether oxygens (including phenoxy) is 1. The molecule has 1 heterocycles. The Balaban J connectivity index is 1.91. The van der Waals surface area contributed by atoms with Crippen molar-refractivity contribution in [2.45, 2.75) is 18.4 Å². The third kappa shape index (κ3) is 4.95. The lowest BCUT2D eigenvalue weighted by atomic mass is 9.94. The number of halogens is 1. The summed E-state index contributed by atoms with van der Waals surface area (Å²) < 4.78 is 6.25. The molecule has 0 saturated carbocycles. The molecular formula is C16H20BrNO3. The number of carbonyl (C=O) groups excluding carboxylic acids is 1. The summed E-state index contributed by atoms with van der Waals surface area (Å²) in [5, 5.41) is 10.4. The van der Waals surface area contributed by atoms with Crippen LogP contribution in [0.15, 0.2) is 34.8 Å². The summed E-state index contributed by atoms with van der Waals surface area (Å²) in [4.78, 5) is 13.6. The normalized spacial score (nSPS) is 17.9. The first-order valence-electron chi connectivity index (χ1n) is 6.97. The first-order valence-corrected chi connectivity index (χ1v) is 7.77. The Morgan fingerprint density at radius 3 is 2.62 bits per heavy atom. The molecule has 114 valence electrons. The summed E-state index contributed by atoms with van der Waals surface area (Å²) in [5.74, 6) is -0.113. The maximum atomic E-state index is 12.1. The molecule has 1 aromatic rings. The van der Waals surface area contributed by atoms with E-state index in [-0.39, 0.29) is 5.91 Å². The van der Waals surface area contributed by atoms with Crippen LogP contribution in [0.5, 0.6) is 0 Å². The molecule has 5 heteroatoms. The van der Waals surface area contributed by atoms with Gasteiger partial charge in [-0.1, -0.05) is 28.1 Å². The van der Waals surface area contributed by atoms with Gasteiger partial charge in [0.1, 0.15) is 0 Å². The van der Waals surface area contributed by atoms with Gasteiger partial charge in [-0.05, 0) is 23.8 Å². The fourth-order valence-corrected chi connectivity index (χ4v) is 2.56.